The number of hydrogen-bond acceptors (Lipinski definition) is 6. The van der Waals surface area contributed by atoms with Crippen molar-refractivity contribution < 1.29 is 22.7 Å². The van der Waals surface area contributed by atoms with E-state index in [0.29, 0.717) is 37.1 Å². The van der Waals surface area contributed by atoms with Gasteiger partial charge < -0.3 is 14.8 Å². The van der Waals surface area contributed by atoms with Crippen molar-refractivity contribution in [2.24, 2.45) is 0 Å². The van der Waals surface area contributed by atoms with Gasteiger partial charge in [-0.25, -0.2) is 13.2 Å². The highest BCUT2D eigenvalue weighted by molar-refractivity contribution is 7.90. The zero-order chi connectivity index (χ0) is 19.1. The lowest BCUT2D eigenvalue weighted by molar-refractivity contribution is -0.198. The second-order valence-electron chi connectivity index (χ2n) is 7.00. The topological polar surface area (TPSA) is 81.7 Å². The third-order valence-corrected chi connectivity index (χ3v) is 6.27. The maximum Gasteiger partial charge on any atom is 0.350 e. The van der Waals surface area contributed by atoms with Crippen LogP contribution in [-0.2, 0) is 29.7 Å². The average Bonchev–Trinajstić information content (AvgIpc) is 2.95. The summed E-state index contributed by atoms with van der Waals surface area (Å²) >= 11 is 0. The van der Waals surface area contributed by atoms with Gasteiger partial charge in [-0.15, -0.1) is 0 Å². The molecule has 4 rings (SSSR count). The highest BCUT2D eigenvalue weighted by Gasteiger charge is 2.60. The molecular weight excluding hydrogens is 366 g/mol. The lowest BCUT2D eigenvalue weighted by Crippen LogP contribution is -2.44. The number of ether oxygens (including phenoxy) is 2. The number of rotatable bonds is 3. The minimum absolute atomic E-state index is 0.192. The number of sulfone groups is 1. The summed E-state index contributed by atoms with van der Waals surface area (Å²) in [4.78, 5) is 13.4. The first-order valence-electron chi connectivity index (χ1n) is 8.86. The molecule has 2 fully saturated rings. The van der Waals surface area contributed by atoms with Crippen LogP contribution < -0.4 is 5.32 Å². The molecule has 2 aromatic carbocycles. The van der Waals surface area contributed by atoms with Crippen molar-refractivity contribution >= 4 is 15.8 Å². The molecular formula is C20H21NO5S. The fraction of sp³-hybridized carbons (Fsp3) is 0.350. The van der Waals surface area contributed by atoms with Crippen LogP contribution in [0.5, 0.6) is 0 Å². The minimum atomic E-state index is -3.33. The lowest BCUT2D eigenvalue weighted by Gasteiger charge is -2.33. The first-order valence-corrected chi connectivity index (χ1v) is 10.8. The van der Waals surface area contributed by atoms with Gasteiger partial charge in [-0.2, -0.15) is 0 Å². The van der Waals surface area contributed by atoms with Crippen molar-refractivity contribution in [2.75, 3.05) is 19.3 Å². The Morgan fingerprint density at radius 2 is 1.52 bits per heavy atom. The molecule has 0 amide bonds. The van der Waals surface area contributed by atoms with Crippen molar-refractivity contribution in [2.45, 2.75) is 29.1 Å². The number of carbonyl (C=O) groups excluding carboxylic acids is 1. The summed E-state index contributed by atoms with van der Waals surface area (Å²) in [5.41, 5.74) is -0.187. The molecule has 7 heteroatoms. The zero-order valence-electron chi connectivity index (χ0n) is 15.0. The largest absolute Gasteiger partial charge is 0.430 e. The molecule has 2 aliphatic heterocycles. The summed E-state index contributed by atoms with van der Waals surface area (Å²) in [6, 6.07) is 15.5. The average molecular weight is 387 g/mol. The van der Waals surface area contributed by atoms with Crippen molar-refractivity contribution in [3.63, 3.8) is 0 Å². The summed E-state index contributed by atoms with van der Waals surface area (Å²) in [6.45, 7) is 1.40. The Morgan fingerprint density at radius 1 is 0.926 bits per heavy atom. The van der Waals surface area contributed by atoms with Crippen molar-refractivity contribution in [1.29, 1.82) is 0 Å². The van der Waals surface area contributed by atoms with E-state index in [9.17, 15) is 13.2 Å². The Labute approximate surface area is 158 Å². The third kappa shape index (κ3) is 3.05. The highest BCUT2D eigenvalue weighted by Crippen LogP contribution is 2.48. The molecule has 2 saturated heterocycles. The Bertz CT molecular complexity index is 950. The van der Waals surface area contributed by atoms with Crippen LogP contribution in [0.15, 0.2) is 59.5 Å². The zero-order valence-corrected chi connectivity index (χ0v) is 15.8. The maximum absolute atomic E-state index is 13.2. The Hall–Kier alpha value is -2.22. The molecule has 1 atom stereocenters. The summed E-state index contributed by atoms with van der Waals surface area (Å²) in [5, 5.41) is 3.24. The molecule has 1 N–H and O–H groups in total. The van der Waals surface area contributed by atoms with Gasteiger partial charge in [0.15, 0.2) is 9.84 Å². The van der Waals surface area contributed by atoms with E-state index in [1.807, 2.05) is 30.3 Å². The van der Waals surface area contributed by atoms with Gasteiger partial charge in [0.2, 0.25) is 11.4 Å². The fourth-order valence-corrected chi connectivity index (χ4v) is 4.35. The van der Waals surface area contributed by atoms with Gasteiger partial charge in [0.05, 0.1) is 4.90 Å². The number of piperidine rings is 1. The Balaban J connectivity index is 1.84. The third-order valence-electron chi connectivity index (χ3n) is 5.14. The van der Waals surface area contributed by atoms with E-state index < -0.39 is 27.2 Å². The molecule has 27 heavy (non-hydrogen) atoms. The number of esters is 1. The standard InChI is InChI=1S/C20H21NO5S/c1-27(23,24)17-9-7-16(8-10-17)20(15-5-3-2-4-6-15)18(22)25-19(26-20)11-13-21-14-12-19/h2-10,21H,11-14H2,1H3. The monoisotopic (exact) mass is 387 g/mol. The van der Waals surface area contributed by atoms with Crippen LogP contribution in [0, 0.1) is 0 Å². The van der Waals surface area contributed by atoms with Gasteiger partial charge in [0.1, 0.15) is 0 Å². The Kier molecular flexibility index (Phi) is 4.33. The first kappa shape index (κ1) is 18.2. The second-order valence-corrected chi connectivity index (χ2v) is 9.01. The summed E-state index contributed by atoms with van der Waals surface area (Å²) in [6.07, 6.45) is 2.28. The number of carbonyl (C=O) groups is 1. The predicted molar refractivity (Wildman–Crippen MR) is 98.8 cm³/mol. The molecule has 6 nitrogen and oxygen atoms in total. The SMILES string of the molecule is CS(=O)(=O)c1ccc(C2(c3ccccc3)OC3(CCNCC3)OC2=O)cc1. The van der Waals surface area contributed by atoms with E-state index in [1.165, 1.54) is 12.1 Å². The smallest absolute Gasteiger partial charge is 0.350 e. The molecule has 2 aliphatic rings. The summed E-state index contributed by atoms with van der Waals surface area (Å²) in [5.74, 6) is -1.43. The van der Waals surface area contributed by atoms with Gasteiger partial charge >= 0.3 is 5.97 Å². The van der Waals surface area contributed by atoms with Crippen LogP contribution in [0.2, 0.25) is 0 Å². The van der Waals surface area contributed by atoms with E-state index in [0.717, 1.165) is 6.26 Å². The van der Waals surface area contributed by atoms with E-state index in [1.54, 1.807) is 12.1 Å². The molecule has 0 bridgehead atoms. The molecule has 0 radical (unpaired) electrons. The van der Waals surface area contributed by atoms with Gasteiger partial charge in [0, 0.05) is 32.2 Å². The molecule has 0 aliphatic carbocycles. The van der Waals surface area contributed by atoms with Crippen LogP contribution in [-0.4, -0.2) is 39.5 Å². The van der Waals surface area contributed by atoms with Crippen LogP contribution in [0.4, 0.5) is 0 Å². The number of nitrogens with one attached hydrogen (secondary N) is 1. The van der Waals surface area contributed by atoms with Gasteiger partial charge in [-0.1, -0.05) is 42.5 Å². The summed E-state index contributed by atoms with van der Waals surface area (Å²) in [7, 11) is -3.33. The van der Waals surface area contributed by atoms with E-state index in [2.05, 4.69) is 5.32 Å². The molecule has 142 valence electrons. The van der Waals surface area contributed by atoms with E-state index >= 15 is 0 Å². The molecule has 1 unspecified atom stereocenters. The molecule has 0 saturated carbocycles. The second kappa shape index (κ2) is 6.44. The maximum atomic E-state index is 13.2. The van der Waals surface area contributed by atoms with E-state index in [-0.39, 0.29) is 4.90 Å². The number of benzene rings is 2. The Morgan fingerprint density at radius 3 is 2.11 bits per heavy atom. The van der Waals surface area contributed by atoms with Gasteiger partial charge in [-0.05, 0) is 23.3 Å². The molecule has 0 aromatic heterocycles. The van der Waals surface area contributed by atoms with Crippen molar-refractivity contribution in [1.82, 2.24) is 5.32 Å². The number of hydrogen-bond donors (Lipinski definition) is 1. The van der Waals surface area contributed by atoms with E-state index in [4.69, 9.17) is 9.47 Å². The lowest BCUT2D eigenvalue weighted by atomic mass is 9.86. The quantitative estimate of drug-likeness (QED) is 0.811. The molecule has 1 spiro atoms. The normalized spacial score (nSPS) is 24.7. The van der Waals surface area contributed by atoms with Crippen molar-refractivity contribution in [3.8, 4) is 0 Å². The highest BCUT2D eigenvalue weighted by atomic mass is 32.2. The predicted octanol–water partition coefficient (Wildman–Crippen LogP) is 1.99. The van der Waals surface area contributed by atoms with Gasteiger partial charge in [-0.3, -0.25) is 0 Å². The van der Waals surface area contributed by atoms with Crippen LogP contribution in [0.1, 0.15) is 24.0 Å². The van der Waals surface area contributed by atoms with Gasteiger partial charge in [0.25, 0.3) is 0 Å². The van der Waals surface area contributed by atoms with Crippen molar-refractivity contribution in [3.05, 3.63) is 65.7 Å². The first-order chi connectivity index (χ1) is 12.9. The molecule has 2 heterocycles. The minimum Gasteiger partial charge on any atom is -0.430 e. The molecule has 2 aromatic rings. The van der Waals surface area contributed by atoms with Crippen LogP contribution in [0.25, 0.3) is 0 Å². The van der Waals surface area contributed by atoms with Crippen LogP contribution in [0.3, 0.4) is 0 Å². The fourth-order valence-electron chi connectivity index (χ4n) is 3.72. The van der Waals surface area contributed by atoms with Crippen LogP contribution >= 0.6 is 0 Å². The summed E-state index contributed by atoms with van der Waals surface area (Å²) < 4.78 is 35.8.